The minimum atomic E-state index is 0. The van der Waals surface area contributed by atoms with Crippen LogP contribution in [0.2, 0.25) is 0 Å². The molecule has 0 aliphatic carbocycles. The van der Waals surface area contributed by atoms with E-state index in [0.717, 1.165) is 71.8 Å². The van der Waals surface area contributed by atoms with Crippen molar-refractivity contribution in [2.75, 3.05) is 0 Å². The fourth-order valence-electron chi connectivity index (χ4n) is 11.7. The molecule has 0 nitrogen and oxygen atoms in total. The fourth-order valence-corrected chi connectivity index (χ4v) is 11.7. The van der Waals surface area contributed by atoms with Crippen LogP contribution in [0.1, 0.15) is 69.2 Å². The molecule has 0 aliphatic rings. The van der Waals surface area contributed by atoms with Crippen LogP contribution in [0.15, 0.2) is 340 Å². The van der Waals surface area contributed by atoms with Gasteiger partial charge >= 0.3 is 0 Å². The molecule has 0 atom stereocenters. The molecule has 0 aromatic heterocycles. The first kappa shape index (κ1) is 92.9. The van der Waals surface area contributed by atoms with Crippen LogP contribution >= 0.6 is 0 Å². The topological polar surface area (TPSA) is 0 Å². The summed E-state index contributed by atoms with van der Waals surface area (Å²) in [5.41, 5.74) is 11.0. The van der Waals surface area contributed by atoms with Crippen molar-refractivity contribution in [3.8, 4) is 55.6 Å². The first-order chi connectivity index (χ1) is 50.6. The summed E-state index contributed by atoms with van der Waals surface area (Å²) in [5, 5.41) is 19.5. The Morgan fingerprint density at radius 3 is 0.953 bits per heavy atom. The van der Waals surface area contributed by atoms with E-state index in [1.54, 1.807) is 0 Å². The predicted molar refractivity (Wildman–Crippen MR) is 445 cm³/mol. The Morgan fingerprint density at radius 2 is 0.495 bits per heavy atom. The third-order valence-electron chi connectivity index (χ3n) is 16.3. The molecule has 18 rings (SSSR count). The summed E-state index contributed by atoms with van der Waals surface area (Å²) in [4.78, 5) is 0. The largest absolute Gasteiger partial charge is 0.226 e. The van der Waals surface area contributed by atoms with Gasteiger partial charge in [-0.3, -0.25) is 0 Å². The van der Waals surface area contributed by atoms with Crippen LogP contribution in [0.3, 0.4) is 0 Å². The quantitative estimate of drug-likeness (QED) is 0.119. The first-order valence-electron chi connectivity index (χ1n) is 35.8. The molecule has 0 spiro atoms. The van der Waals surface area contributed by atoms with E-state index in [1.807, 2.05) is 160 Å². The second-order valence-corrected chi connectivity index (χ2v) is 22.2. The molecule has 0 bridgehead atoms. The van der Waals surface area contributed by atoms with Gasteiger partial charge in [-0.25, -0.2) is 38.9 Å². The van der Waals surface area contributed by atoms with E-state index in [4.69, 9.17) is 0 Å². The maximum absolute atomic E-state index is 3.55. The van der Waals surface area contributed by atoms with Crippen LogP contribution in [0.25, 0.3) is 142 Å². The Kier molecular flexibility index (Phi) is 44.4. The Hall–Kier alpha value is -6.44. The zero-order valence-corrected chi connectivity index (χ0v) is 77.4. The number of hydrogen-bond acceptors (Lipinski definition) is 0. The molecule has 5 heteroatoms. The minimum absolute atomic E-state index is 0. The summed E-state index contributed by atoms with van der Waals surface area (Å²) < 4.78 is 0. The Labute approximate surface area is 764 Å². The fraction of sp³-hybridized carbons (Fsp3) is 0.0980. The molecule has 0 unspecified atom stereocenters. The van der Waals surface area contributed by atoms with Gasteiger partial charge in [-0.15, -0.1) is 150 Å². The molecule has 0 aliphatic heterocycles. The van der Waals surface area contributed by atoms with Gasteiger partial charge in [0.05, 0.1) is 0 Å². The normalized spacial score (nSPS) is 9.59. The average Bonchev–Trinajstić information content (AvgIpc) is 0.894. The monoisotopic (exact) mass is 1760 g/mol. The number of hydrogen-bond donors (Lipinski definition) is 0. The molecule has 18 aromatic rings. The van der Waals surface area contributed by atoms with Crippen molar-refractivity contribution in [1.82, 2.24) is 0 Å². The Morgan fingerprint density at radius 1 is 0.168 bits per heavy atom. The van der Waals surface area contributed by atoms with E-state index in [9.17, 15) is 0 Å². The van der Waals surface area contributed by atoms with E-state index in [2.05, 4.69) is 309 Å². The molecule has 519 valence electrons. The number of benzene rings is 18. The van der Waals surface area contributed by atoms with Crippen molar-refractivity contribution < 1.29 is 164 Å². The molecular weight excluding hydrogens is 1670 g/mol. The summed E-state index contributed by atoms with van der Waals surface area (Å²) in [7, 11) is 0. The van der Waals surface area contributed by atoms with Crippen molar-refractivity contribution in [3.63, 3.8) is 0 Å². The molecule has 0 saturated carbocycles. The van der Waals surface area contributed by atoms with Crippen molar-refractivity contribution in [1.29, 1.82) is 0 Å². The molecule has 0 N–H and O–H groups in total. The minimum Gasteiger partial charge on any atom is -0.226 e. The summed E-state index contributed by atoms with van der Waals surface area (Å²) >= 11 is 0. The van der Waals surface area contributed by atoms with Gasteiger partial charge in [-0.1, -0.05) is 255 Å². The van der Waals surface area contributed by atoms with Crippen molar-refractivity contribution in [2.45, 2.75) is 69.2 Å². The summed E-state index contributed by atoms with van der Waals surface area (Å²) in [6, 6.07) is 150. The van der Waals surface area contributed by atoms with Gasteiger partial charge in [-0.05, 0) is 0 Å². The van der Waals surface area contributed by atoms with E-state index in [1.165, 1.54) is 70.0 Å². The third kappa shape index (κ3) is 25.3. The van der Waals surface area contributed by atoms with E-state index < -0.39 is 0 Å². The standard InChI is InChI=1S/3C20H12.2C16H10.5C2H6.5Y/c1-3-7-17-13-19(11-9-15(17)5-1)20-12-10-16-6-2-4-8-18(16)14-20;1-2-8-17-14-18(13-12-15(17)6-1)20-11-5-9-16-7-3-4-10-19(16)20;1-2-8-15(9-3-1)20-14-16-10-4-5-11-17(16)18-12-6-7-13-19(18)20;1-2-7-13(8-3-1)16-12-6-10-14-9-4-5-11-15(14)16;1-2-6-13(7-3-1)16-11-10-14-8-4-5-9-15(14)12-16;5*1-2;;;;;/h1-11,14H;1-10,12-13H;1-8,10-13H;1-7,9-11H;1-6,8-10,12H;5*1-2H3;;;;;/q5*-2;;;;;;;;;;. The SMILES string of the molecule is CC.CC.CC.CC.CC.[Y].[Y].[Y].[Y].[Y].[c-]1cc2ccccc2cc1-c1[c-]c2ccccc2cc1.[c-]1ccc2ccccc2c1-c1[c-]c2ccccc2cc1.[c-]1ccccc1-c1[c-]c2ccccc2c2ccccc12.[c-]1ccccc1-c1[c-]cc2ccccc2c1.[c-]1ccccc1-c1[c-]ccc2ccccc12. The summed E-state index contributed by atoms with van der Waals surface area (Å²) in [6.45, 7) is 20.0. The molecular formula is C102H86Y5-10. The van der Waals surface area contributed by atoms with Gasteiger partial charge < -0.3 is 0 Å². The molecule has 0 saturated heterocycles. The van der Waals surface area contributed by atoms with E-state index in [0.29, 0.717) is 0 Å². The third-order valence-corrected chi connectivity index (χ3v) is 16.3. The van der Waals surface area contributed by atoms with Crippen LogP contribution in [-0.2, 0) is 164 Å². The molecule has 107 heavy (non-hydrogen) atoms. The molecule has 0 heterocycles. The Bertz CT molecular complexity index is 5440. The van der Waals surface area contributed by atoms with Gasteiger partial charge in [0.25, 0.3) is 0 Å². The molecule has 0 fully saturated rings. The zero-order valence-electron chi connectivity index (χ0n) is 63.2. The number of fused-ring (bicyclic) bond motifs is 9. The van der Waals surface area contributed by atoms with Gasteiger partial charge in [-0.2, -0.15) is 168 Å². The predicted octanol–water partition coefficient (Wildman–Crippen LogP) is 29.1. The van der Waals surface area contributed by atoms with Crippen LogP contribution in [0.5, 0.6) is 0 Å². The summed E-state index contributed by atoms with van der Waals surface area (Å²) in [5.74, 6) is 0. The van der Waals surface area contributed by atoms with Crippen molar-refractivity contribution in [3.05, 3.63) is 400 Å². The van der Waals surface area contributed by atoms with Crippen LogP contribution in [0.4, 0.5) is 0 Å². The molecule has 0 amide bonds. The molecule has 5 radical (unpaired) electrons. The maximum Gasteiger partial charge on any atom is 0 e. The van der Waals surface area contributed by atoms with E-state index >= 15 is 0 Å². The maximum atomic E-state index is 3.55. The van der Waals surface area contributed by atoms with Gasteiger partial charge in [0.2, 0.25) is 0 Å². The van der Waals surface area contributed by atoms with Gasteiger partial charge in [0, 0.05) is 164 Å². The van der Waals surface area contributed by atoms with Crippen molar-refractivity contribution in [2.24, 2.45) is 0 Å². The van der Waals surface area contributed by atoms with Gasteiger partial charge in [0.15, 0.2) is 0 Å². The second kappa shape index (κ2) is 51.1. The van der Waals surface area contributed by atoms with Crippen LogP contribution in [0, 0.1) is 60.7 Å². The average molecular weight is 1760 g/mol. The Balaban J connectivity index is 0.000000272. The second-order valence-electron chi connectivity index (χ2n) is 22.2. The first-order valence-corrected chi connectivity index (χ1v) is 35.8. The van der Waals surface area contributed by atoms with Gasteiger partial charge in [0.1, 0.15) is 0 Å². The zero-order chi connectivity index (χ0) is 71.7. The smallest absolute Gasteiger partial charge is 0 e. The van der Waals surface area contributed by atoms with Crippen LogP contribution in [-0.4, -0.2) is 0 Å². The molecule has 18 aromatic carbocycles. The van der Waals surface area contributed by atoms with Crippen LogP contribution < -0.4 is 0 Å². The number of rotatable bonds is 5. The van der Waals surface area contributed by atoms with E-state index in [-0.39, 0.29) is 164 Å². The van der Waals surface area contributed by atoms with Crippen molar-refractivity contribution >= 4 is 86.2 Å². The summed E-state index contributed by atoms with van der Waals surface area (Å²) in [6.07, 6.45) is 0.